The Kier molecular flexibility index (Phi) is 2.41. The minimum absolute atomic E-state index is 0.00180. The van der Waals surface area contributed by atoms with Crippen molar-refractivity contribution in [3.8, 4) is 0 Å². The van der Waals surface area contributed by atoms with Crippen LogP contribution in [0.4, 0.5) is 4.39 Å². The zero-order valence-corrected chi connectivity index (χ0v) is 11.2. The van der Waals surface area contributed by atoms with E-state index in [1.54, 1.807) is 12.1 Å². The number of likely N-dealkylation sites (tertiary alicyclic amines) is 1. The van der Waals surface area contributed by atoms with Crippen LogP contribution in [0.1, 0.15) is 16.9 Å². The number of carbonyl (C=O) groups is 1. The van der Waals surface area contributed by atoms with Crippen LogP contribution in [0.2, 0.25) is 0 Å². The minimum Gasteiger partial charge on any atom is -0.368 e. The fourth-order valence-electron chi connectivity index (χ4n) is 3.06. The van der Waals surface area contributed by atoms with Crippen molar-refractivity contribution in [3.05, 3.63) is 35.8 Å². The molecule has 0 N–H and O–H groups in total. The molecule has 4 rings (SSSR count). The number of aryl methyl sites for hydroxylation is 1. The third-order valence-electron chi connectivity index (χ3n) is 4.28. The topological polar surface area (TPSA) is 37.8 Å². The van der Waals surface area contributed by atoms with Gasteiger partial charge in [0, 0.05) is 31.0 Å². The van der Waals surface area contributed by atoms with Gasteiger partial charge in [0.2, 0.25) is 0 Å². The van der Waals surface area contributed by atoms with E-state index in [-0.39, 0.29) is 17.8 Å². The maximum atomic E-state index is 13.3. The van der Waals surface area contributed by atoms with Gasteiger partial charge < -0.3 is 14.2 Å². The van der Waals surface area contributed by atoms with Crippen molar-refractivity contribution >= 4 is 16.8 Å². The van der Waals surface area contributed by atoms with Gasteiger partial charge in [0.05, 0.1) is 6.10 Å². The monoisotopic (exact) mass is 274 g/mol. The molecule has 1 amide bonds. The highest BCUT2D eigenvalue weighted by atomic mass is 19.1. The molecule has 2 aromatic rings. The summed E-state index contributed by atoms with van der Waals surface area (Å²) >= 11 is 0. The average Bonchev–Trinajstić information content (AvgIpc) is 3.15. The van der Waals surface area contributed by atoms with E-state index in [0.717, 1.165) is 23.9 Å². The van der Waals surface area contributed by atoms with Crippen LogP contribution in [-0.4, -0.2) is 40.7 Å². The minimum atomic E-state index is -0.283. The first-order valence-corrected chi connectivity index (χ1v) is 6.83. The molecule has 2 aliphatic heterocycles. The predicted molar refractivity (Wildman–Crippen MR) is 72.1 cm³/mol. The highest BCUT2D eigenvalue weighted by molar-refractivity contribution is 5.98. The molecule has 2 fully saturated rings. The smallest absolute Gasteiger partial charge is 0.270 e. The van der Waals surface area contributed by atoms with Crippen LogP contribution in [0.3, 0.4) is 0 Å². The van der Waals surface area contributed by atoms with Gasteiger partial charge in [-0.05, 0) is 30.7 Å². The van der Waals surface area contributed by atoms with Gasteiger partial charge in [-0.3, -0.25) is 4.79 Å². The molecule has 104 valence electrons. The zero-order chi connectivity index (χ0) is 13.9. The predicted octanol–water partition coefficient (Wildman–Crippen LogP) is 1.93. The Morgan fingerprint density at radius 1 is 1.35 bits per heavy atom. The Morgan fingerprint density at radius 3 is 3.00 bits per heavy atom. The first kappa shape index (κ1) is 11.9. The molecule has 0 saturated carbocycles. The molecule has 1 aromatic heterocycles. The summed E-state index contributed by atoms with van der Waals surface area (Å²) in [6.07, 6.45) is 1.50. The third-order valence-corrected chi connectivity index (χ3v) is 4.28. The van der Waals surface area contributed by atoms with Gasteiger partial charge in [-0.2, -0.15) is 0 Å². The number of aromatic nitrogens is 1. The average molecular weight is 274 g/mol. The molecule has 2 atom stereocenters. The van der Waals surface area contributed by atoms with E-state index in [1.807, 2.05) is 16.5 Å². The van der Waals surface area contributed by atoms with Crippen molar-refractivity contribution < 1.29 is 13.9 Å². The lowest BCUT2D eigenvalue weighted by molar-refractivity contribution is 0.0727. The van der Waals surface area contributed by atoms with E-state index in [1.165, 1.54) is 12.1 Å². The first-order chi connectivity index (χ1) is 9.63. The first-order valence-electron chi connectivity index (χ1n) is 6.83. The van der Waals surface area contributed by atoms with Crippen LogP contribution < -0.4 is 0 Å². The van der Waals surface area contributed by atoms with Crippen LogP contribution >= 0.6 is 0 Å². The van der Waals surface area contributed by atoms with Crippen molar-refractivity contribution in [3.63, 3.8) is 0 Å². The van der Waals surface area contributed by atoms with Crippen molar-refractivity contribution in [1.29, 1.82) is 0 Å². The van der Waals surface area contributed by atoms with Gasteiger partial charge in [0.25, 0.3) is 5.91 Å². The van der Waals surface area contributed by atoms with E-state index in [4.69, 9.17) is 4.74 Å². The van der Waals surface area contributed by atoms with Crippen LogP contribution in [0.15, 0.2) is 24.3 Å². The lowest BCUT2D eigenvalue weighted by Gasteiger charge is -2.24. The quantitative estimate of drug-likeness (QED) is 0.745. The molecule has 0 spiro atoms. The lowest BCUT2D eigenvalue weighted by atomic mass is 10.1. The number of rotatable bonds is 1. The summed E-state index contributed by atoms with van der Waals surface area (Å²) in [4.78, 5) is 14.4. The number of nitrogens with zero attached hydrogens (tertiary/aromatic N) is 2. The summed E-state index contributed by atoms with van der Waals surface area (Å²) in [5.41, 5.74) is 1.47. The van der Waals surface area contributed by atoms with E-state index in [0.29, 0.717) is 18.3 Å². The number of carbonyl (C=O) groups excluding carboxylic acids is 1. The van der Waals surface area contributed by atoms with Crippen LogP contribution in [0.5, 0.6) is 0 Å². The standard InChI is InChI=1S/C15H15FN2O2/c1-17-11-3-2-10(16)6-9(11)7-12(17)15(19)18-5-4-13-14(8-18)20-13/h2-3,6-7,13-14H,4-5,8H2,1H3/t13-,14-/m0/s1. The number of halogens is 1. The second kappa shape index (κ2) is 4.06. The molecule has 0 radical (unpaired) electrons. The summed E-state index contributed by atoms with van der Waals surface area (Å²) in [6, 6.07) is 6.35. The fourth-order valence-corrected chi connectivity index (χ4v) is 3.06. The molecular formula is C15H15FN2O2. The maximum Gasteiger partial charge on any atom is 0.270 e. The largest absolute Gasteiger partial charge is 0.368 e. The number of epoxide rings is 1. The third kappa shape index (κ3) is 1.73. The summed E-state index contributed by atoms with van der Waals surface area (Å²) in [5.74, 6) is -0.285. The van der Waals surface area contributed by atoms with Crippen molar-refractivity contribution in [1.82, 2.24) is 9.47 Å². The van der Waals surface area contributed by atoms with Crippen LogP contribution in [-0.2, 0) is 11.8 Å². The van der Waals surface area contributed by atoms with Gasteiger partial charge in [0.1, 0.15) is 17.6 Å². The molecule has 0 unspecified atom stereocenters. The van der Waals surface area contributed by atoms with Gasteiger partial charge in [0.15, 0.2) is 0 Å². The van der Waals surface area contributed by atoms with E-state index in [2.05, 4.69) is 0 Å². The van der Waals surface area contributed by atoms with Crippen molar-refractivity contribution in [2.45, 2.75) is 18.6 Å². The molecule has 5 heteroatoms. The highest BCUT2D eigenvalue weighted by Gasteiger charge is 2.44. The van der Waals surface area contributed by atoms with Gasteiger partial charge >= 0.3 is 0 Å². The molecule has 2 saturated heterocycles. The molecule has 2 aliphatic rings. The molecule has 3 heterocycles. The molecule has 4 nitrogen and oxygen atoms in total. The van der Waals surface area contributed by atoms with Gasteiger partial charge in [-0.25, -0.2) is 4.39 Å². The van der Waals surface area contributed by atoms with E-state index in [9.17, 15) is 9.18 Å². The number of amides is 1. The molecule has 0 aliphatic carbocycles. The highest BCUT2D eigenvalue weighted by Crippen LogP contribution is 2.31. The van der Waals surface area contributed by atoms with Crippen LogP contribution in [0, 0.1) is 5.82 Å². The van der Waals surface area contributed by atoms with Crippen LogP contribution in [0.25, 0.3) is 10.9 Å². The lowest BCUT2D eigenvalue weighted by Crippen LogP contribution is -2.40. The molecular weight excluding hydrogens is 259 g/mol. The SMILES string of the molecule is Cn1c(C(=O)N2CC[C@@H]3O[C@H]3C2)cc2cc(F)ccc21. The maximum absolute atomic E-state index is 13.3. The van der Waals surface area contributed by atoms with Gasteiger partial charge in [-0.1, -0.05) is 0 Å². The Morgan fingerprint density at radius 2 is 2.20 bits per heavy atom. The number of piperidine rings is 1. The molecule has 1 aromatic carbocycles. The van der Waals surface area contributed by atoms with E-state index < -0.39 is 0 Å². The Labute approximate surface area is 115 Å². The summed E-state index contributed by atoms with van der Waals surface area (Å²) < 4.78 is 20.5. The normalized spacial score (nSPS) is 24.8. The molecule has 0 bridgehead atoms. The van der Waals surface area contributed by atoms with Gasteiger partial charge in [-0.15, -0.1) is 0 Å². The Hall–Kier alpha value is -1.88. The molecule has 20 heavy (non-hydrogen) atoms. The number of hydrogen-bond donors (Lipinski definition) is 0. The zero-order valence-electron chi connectivity index (χ0n) is 11.2. The summed E-state index contributed by atoms with van der Waals surface area (Å²) in [5, 5.41) is 0.758. The number of fused-ring (bicyclic) bond motifs is 2. The number of ether oxygens (including phenoxy) is 1. The fraction of sp³-hybridized carbons (Fsp3) is 0.400. The number of hydrogen-bond acceptors (Lipinski definition) is 2. The second-order valence-corrected chi connectivity index (χ2v) is 5.54. The van der Waals surface area contributed by atoms with E-state index >= 15 is 0 Å². The second-order valence-electron chi connectivity index (χ2n) is 5.54. The van der Waals surface area contributed by atoms with Crippen molar-refractivity contribution in [2.75, 3.05) is 13.1 Å². The number of benzene rings is 1. The Bertz CT molecular complexity index is 709. The summed E-state index contributed by atoms with van der Waals surface area (Å²) in [6.45, 7) is 1.40. The van der Waals surface area contributed by atoms with Crippen molar-refractivity contribution in [2.24, 2.45) is 7.05 Å². The Balaban J connectivity index is 1.70. The summed E-state index contributed by atoms with van der Waals surface area (Å²) in [7, 11) is 1.84.